The highest BCUT2D eigenvalue weighted by molar-refractivity contribution is 9.10. The Bertz CT molecular complexity index is 493. The van der Waals surface area contributed by atoms with Crippen LogP contribution in [0.25, 0.3) is 0 Å². The molecule has 90 valence electrons. The molecule has 0 amide bonds. The first-order valence-corrected chi connectivity index (χ1v) is 7.18. The fourth-order valence-corrected chi connectivity index (χ4v) is 2.79. The van der Waals surface area contributed by atoms with Crippen molar-refractivity contribution in [3.05, 3.63) is 27.4 Å². The summed E-state index contributed by atoms with van der Waals surface area (Å²) in [7, 11) is -3.82. The van der Waals surface area contributed by atoms with Crippen LogP contribution in [0.15, 0.2) is 21.5 Å². The van der Waals surface area contributed by atoms with Crippen LogP contribution >= 0.6 is 27.5 Å². The molecule has 0 unspecified atom stereocenters. The Morgan fingerprint density at radius 1 is 1.50 bits per heavy atom. The second-order valence-corrected chi connectivity index (χ2v) is 6.09. The molecule has 0 heterocycles. The second kappa shape index (κ2) is 5.44. The van der Waals surface area contributed by atoms with E-state index in [4.69, 9.17) is 11.6 Å². The molecule has 0 aliphatic heterocycles. The van der Waals surface area contributed by atoms with Gasteiger partial charge in [-0.25, -0.2) is 17.5 Å². The van der Waals surface area contributed by atoms with E-state index in [-0.39, 0.29) is 11.6 Å². The van der Waals surface area contributed by atoms with Crippen molar-refractivity contribution < 1.29 is 12.8 Å². The van der Waals surface area contributed by atoms with Crippen LogP contribution in [0.2, 0.25) is 5.02 Å². The van der Waals surface area contributed by atoms with Gasteiger partial charge in [0.25, 0.3) is 0 Å². The number of benzene rings is 1. The van der Waals surface area contributed by atoms with E-state index in [0.29, 0.717) is 10.9 Å². The van der Waals surface area contributed by atoms with Crippen molar-refractivity contribution in [2.75, 3.05) is 6.54 Å². The SMILES string of the molecule is CCCNS(=O)(=O)c1cc(Cl)c(Br)cc1F. The zero-order valence-electron chi connectivity index (χ0n) is 8.43. The molecule has 1 N–H and O–H groups in total. The largest absolute Gasteiger partial charge is 0.243 e. The monoisotopic (exact) mass is 329 g/mol. The van der Waals surface area contributed by atoms with E-state index >= 15 is 0 Å². The lowest BCUT2D eigenvalue weighted by molar-refractivity contribution is 0.556. The Labute approximate surface area is 107 Å². The van der Waals surface area contributed by atoms with Crippen molar-refractivity contribution >= 4 is 37.6 Å². The molecule has 0 saturated carbocycles. The van der Waals surface area contributed by atoms with Crippen molar-refractivity contribution in [2.24, 2.45) is 0 Å². The summed E-state index contributed by atoms with van der Waals surface area (Å²) in [5, 5.41) is 0.151. The molecule has 0 spiro atoms. The first-order valence-electron chi connectivity index (χ1n) is 4.52. The Morgan fingerprint density at radius 2 is 2.12 bits per heavy atom. The predicted molar refractivity (Wildman–Crippen MR) is 64.6 cm³/mol. The number of hydrogen-bond donors (Lipinski definition) is 1. The quantitative estimate of drug-likeness (QED) is 0.863. The van der Waals surface area contributed by atoms with Gasteiger partial charge in [-0.1, -0.05) is 18.5 Å². The molecule has 0 aromatic heterocycles. The molecule has 0 aliphatic carbocycles. The third-order valence-corrected chi connectivity index (χ3v) is 4.48. The Kier molecular flexibility index (Phi) is 4.73. The molecule has 7 heteroatoms. The molecule has 1 aromatic carbocycles. The van der Waals surface area contributed by atoms with Crippen LogP contribution in [0.4, 0.5) is 4.39 Å². The van der Waals surface area contributed by atoms with Crippen LogP contribution in [0.1, 0.15) is 13.3 Å². The summed E-state index contributed by atoms with van der Waals surface area (Å²) >= 11 is 8.73. The van der Waals surface area contributed by atoms with E-state index < -0.39 is 20.7 Å². The summed E-state index contributed by atoms with van der Waals surface area (Å²) in [6.07, 6.45) is 0.630. The number of nitrogens with one attached hydrogen (secondary N) is 1. The highest BCUT2D eigenvalue weighted by Gasteiger charge is 2.20. The highest BCUT2D eigenvalue weighted by atomic mass is 79.9. The lowest BCUT2D eigenvalue weighted by Gasteiger charge is -2.07. The van der Waals surface area contributed by atoms with E-state index in [1.54, 1.807) is 0 Å². The fourth-order valence-electron chi connectivity index (χ4n) is 1.02. The van der Waals surface area contributed by atoms with Crippen molar-refractivity contribution in [3.63, 3.8) is 0 Å². The highest BCUT2D eigenvalue weighted by Crippen LogP contribution is 2.27. The molecule has 0 fully saturated rings. The molecule has 0 radical (unpaired) electrons. The Balaban J connectivity index is 3.18. The summed E-state index contributed by atoms with van der Waals surface area (Å²) in [5.74, 6) is -0.833. The second-order valence-electron chi connectivity index (χ2n) is 3.09. The smallest absolute Gasteiger partial charge is 0.211 e. The first-order chi connectivity index (χ1) is 7.38. The molecule has 0 atom stereocenters. The van der Waals surface area contributed by atoms with Crippen LogP contribution in [-0.4, -0.2) is 15.0 Å². The van der Waals surface area contributed by atoms with Crippen LogP contribution in [-0.2, 0) is 10.0 Å². The average Bonchev–Trinajstić information content (AvgIpc) is 2.20. The normalized spacial score (nSPS) is 11.8. The lowest BCUT2D eigenvalue weighted by atomic mass is 10.3. The van der Waals surface area contributed by atoms with Gasteiger partial charge < -0.3 is 0 Å². The van der Waals surface area contributed by atoms with Crippen LogP contribution in [0.5, 0.6) is 0 Å². The lowest BCUT2D eigenvalue weighted by Crippen LogP contribution is -2.25. The topological polar surface area (TPSA) is 46.2 Å². The van der Waals surface area contributed by atoms with Crippen molar-refractivity contribution in [1.82, 2.24) is 4.72 Å². The zero-order valence-corrected chi connectivity index (χ0v) is 11.6. The van der Waals surface area contributed by atoms with E-state index in [1.165, 1.54) is 0 Å². The van der Waals surface area contributed by atoms with Gasteiger partial charge in [0, 0.05) is 11.0 Å². The average molecular weight is 331 g/mol. The summed E-state index contributed by atoms with van der Waals surface area (Å²) in [5.41, 5.74) is 0. The van der Waals surface area contributed by atoms with Crippen LogP contribution in [0, 0.1) is 5.82 Å². The van der Waals surface area contributed by atoms with Gasteiger partial charge >= 0.3 is 0 Å². The van der Waals surface area contributed by atoms with Gasteiger partial charge in [-0.15, -0.1) is 0 Å². The summed E-state index contributed by atoms with van der Waals surface area (Å²) in [4.78, 5) is -0.436. The van der Waals surface area contributed by atoms with Gasteiger partial charge in [-0.05, 0) is 34.5 Å². The third-order valence-electron chi connectivity index (χ3n) is 1.81. The van der Waals surface area contributed by atoms with Gasteiger partial charge in [-0.2, -0.15) is 0 Å². The number of rotatable bonds is 4. The van der Waals surface area contributed by atoms with Crippen LogP contribution in [0.3, 0.4) is 0 Å². The van der Waals surface area contributed by atoms with Crippen LogP contribution < -0.4 is 4.72 Å². The van der Waals surface area contributed by atoms with E-state index in [9.17, 15) is 12.8 Å². The van der Waals surface area contributed by atoms with Gasteiger partial charge in [0.15, 0.2) is 0 Å². The minimum Gasteiger partial charge on any atom is -0.211 e. The maximum atomic E-state index is 13.4. The molecule has 0 aliphatic rings. The summed E-state index contributed by atoms with van der Waals surface area (Å²) in [6, 6.07) is 2.11. The van der Waals surface area contributed by atoms with Gasteiger partial charge in [0.05, 0.1) is 5.02 Å². The predicted octanol–water partition coefficient (Wildman–Crippen LogP) is 2.93. The molecule has 0 saturated heterocycles. The molecular weight excluding hydrogens is 321 g/mol. The van der Waals surface area contributed by atoms with Gasteiger partial charge in [0.2, 0.25) is 10.0 Å². The number of sulfonamides is 1. The van der Waals surface area contributed by atoms with E-state index in [2.05, 4.69) is 20.7 Å². The van der Waals surface area contributed by atoms with E-state index in [0.717, 1.165) is 12.1 Å². The molecule has 1 aromatic rings. The van der Waals surface area contributed by atoms with Crippen molar-refractivity contribution in [2.45, 2.75) is 18.2 Å². The molecular formula is C9H10BrClFNO2S. The maximum Gasteiger partial charge on any atom is 0.243 e. The Hall–Kier alpha value is -0.170. The number of hydrogen-bond acceptors (Lipinski definition) is 2. The third kappa shape index (κ3) is 3.16. The summed E-state index contributed by atoms with van der Waals surface area (Å²) < 4.78 is 39.3. The minimum absolute atomic E-state index is 0.151. The maximum absolute atomic E-state index is 13.4. The number of halogens is 3. The molecule has 1 rings (SSSR count). The van der Waals surface area contributed by atoms with E-state index in [1.807, 2.05) is 6.92 Å². The van der Waals surface area contributed by atoms with Gasteiger partial charge in [0.1, 0.15) is 10.7 Å². The molecule has 16 heavy (non-hydrogen) atoms. The fraction of sp³-hybridized carbons (Fsp3) is 0.333. The standard InChI is InChI=1S/C9H10BrClFNO2S/c1-2-3-13-16(14,15)9-5-7(11)6(10)4-8(9)12/h4-5,13H,2-3H2,1H3. The summed E-state index contributed by atoms with van der Waals surface area (Å²) in [6.45, 7) is 2.07. The zero-order chi connectivity index (χ0) is 12.3. The van der Waals surface area contributed by atoms with Crippen molar-refractivity contribution in [3.8, 4) is 0 Å². The van der Waals surface area contributed by atoms with Gasteiger partial charge in [-0.3, -0.25) is 0 Å². The minimum atomic E-state index is -3.82. The van der Waals surface area contributed by atoms with Crippen molar-refractivity contribution in [1.29, 1.82) is 0 Å². The Morgan fingerprint density at radius 3 is 2.69 bits per heavy atom. The molecule has 3 nitrogen and oxygen atoms in total. The molecule has 0 bridgehead atoms. The first kappa shape index (κ1) is 13.9.